The first kappa shape index (κ1) is 13.8. The summed E-state index contributed by atoms with van der Waals surface area (Å²) in [4.78, 5) is 18.6. The Hall–Kier alpha value is -2.14. The Morgan fingerprint density at radius 2 is 2.38 bits per heavy atom. The molecule has 0 saturated heterocycles. The quantitative estimate of drug-likeness (QED) is 0.869. The lowest BCUT2D eigenvalue weighted by molar-refractivity contribution is -0.126. The van der Waals surface area contributed by atoms with Gasteiger partial charge in [-0.05, 0) is 37.1 Å². The van der Waals surface area contributed by atoms with Gasteiger partial charge >= 0.3 is 0 Å². The first-order valence-electron chi connectivity index (χ1n) is 6.74. The van der Waals surface area contributed by atoms with E-state index in [0.717, 1.165) is 27.6 Å². The molecule has 0 aliphatic heterocycles. The van der Waals surface area contributed by atoms with Crippen molar-refractivity contribution < 1.29 is 9.21 Å². The van der Waals surface area contributed by atoms with Gasteiger partial charge in [0.15, 0.2) is 0 Å². The van der Waals surface area contributed by atoms with Crippen molar-refractivity contribution in [2.24, 2.45) is 0 Å². The molecule has 2 aromatic heterocycles. The minimum absolute atomic E-state index is 0.0320. The van der Waals surface area contributed by atoms with Gasteiger partial charge in [0, 0.05) is 18.0 Å². The topological polar surface area (TPSA) is 46.3 Å². The number of hydrogen-bond donors (Lipinski definition) is 0. The van der Waals surface area contributed by atoms with Gasteiger partial charge in [0.05, 0.1) is 23.5 Å². The Labute approximate surface area is 127 Å². The molecule has 3 rings (SSSR count). The molecule has 0 aromatic carbocycles. The van der Waals surface area contributed by atoms with Crippen LogP contribution in [0.1, 0.15) is 22.9 Å². The number of carbonyl (C=O) groups is 1. The normalized spacial score (nSPS) is 14.0. The molecule has 2 aromatic rings. The molecule has 21 heavy (non-hydrogen) atoms. The highest BCUT2D eigenvalue weighted by atomic mass is 32.1. The number of rotatable bonds is 4. The van der Waals surface area contributed by atoms with E-state index in [9.17, 15) is 4.79 Å². The molecule has 0 bridgehead atoms. The Balaban J connectivity index is 1.69. The zero-order chi connectivity index (χ0) is 14.8. The van der Waals surface area contributed by atoms with E-state index in [-0.39, 0.29) is 5.91 Å². The van der Waals surface area contributed by atoms with Crippen LogP contribution in [0.4, 0.5) is 0 Å². The standard InChI is InChI=1S/C16H16N2O2S/c1-11-17-15(10-21-11)12-5-6-13(8-12)16(19)18(2)9-14-4-3-7-20-14/h3-5,7-8,10H,6,9H2,1-2H3. The predicted molar refractivity (Wildman–Crippen MR) is 82.7 cm³/mol. The van der Waals surface area contributed by atoms with Crippen molar-refractivity contribution >= 4 is 22.8 Å². The highest BCUT2D eigenvalue weighted by Crippen LogP contribution is 2.28. The molecule has 0 radical (unpaired) electrons. The average Bonchev–Trinajstić information content (AvgIpc) is 3.17. The summed E-state index contributed by atoms with van der Waals surface area (Å²) in [5.74, 6) is 0.817. The number of allylic oxidation sites excluding steroid dienone is 3. The molecule has 5 heteroatoms. The van der Waals surface area contributed by atoms with Gasteiger partial charge in [0.25, 0.3) is 0 Å². The fraction of sp³-hybridized carbons (Fsp3) is 0.250. The van der Waals surface area contributed by atoms with Crippen LogP contribution in [0.3, 0.4) is 0 Å². The number of aromatic nitrogens is 1. The number of aryl methyl sites for hydroxylation is 1. The molecule has 0 atom stereocenters. The van der Waals surface area contributed by atoms with Crippen molar-refractivity contribution in [1.82, 2.24) is 9.88 Å². The van der Waals surface area contributed by atoms with Crippen molar-refractivity contribution in [2.45, 2.75) is 19.9 Å². The molecule has 108 valence electrons. The molecular formula is C16H16N2O2S. The number of amides is 1. The summed E-state index contributed by atoms with van der Waals surface area (Å²) >= 11 is 1.62. The van der Waals surface area contributed by atoms with Crippen molar-refractivity contribution in [1.29, 1.82) is 0 Å². The molecule has 0 saturated carbocycles. The maximum Gasteiger partial charge on any atom is 0.250 e. The fourth-order valence-electron chi connectivity index (χ4n) is 2.30. The predicted octanol–water partition coefficient (Wildman–Crippen LogP) is 3.42. The van der Waals surface area contributed by atoms with Crippen LogP contribution in [-0.2, 0) is 11.3 Å². The summed E-state index contributed by atoms with van der Waals surface area (Å²) in [5.41, 5.74) is 2.78. The summed E-state index contributed by atoms with van der Waals surface area (Å²) in [6, 6.07) is 3.70. The molecule has 0 fully saturated rings. The van der Waals surface area contributed by atoms with Gasteiger partial charge in [-0.2, -0.15) is 0 Å². The van der Waals surface area contributed by atoms with Crippen LogP contribution in [0.2, 0.25) is 0 Å². The van der Waals surface area contributed by atoms with Crippen molar-refractivity contribution in [3.05, 3.63) is 58.0 Å². The lowest BCUT2D eigenvalue weighted by atomic mass is 10.2. The van der Waals surface area contributed by atoms with E-state index in [0.29, 0.717) is 13.0 Å². The van der Waals surface area contributed by atoms with Gasteiger partial charge in [-0.25, -0.2) is 4.98 Å². The average molecular weight is 300 g/mol. The number of hydrogen-bond acceptors (Lipinski definition) is 4. The summed E-state index contributed by atoms with van der Waals surface area (Å²) in [6.45, 7) is 2.46. The maximum absolute atomic E-state index is 12.4. The second-order valence-electron chi connectivity index (χ2n) is 5.03. The van der Waals surface area contributed by atoms with Gasteiger partial charge in [0.1, 0.15) is 5.76 Å². The second-order valence-corrected chi connectivity index (χ2v) is 6.09. The molecule has 0 unspecified atom stereocenters. The molecular weight excluding hydrogens is 284 g/mol. The summed E-state index contributed by atoms with van der Waals surface area (Å²) in [7, 11) is 1.79. The third kappa shape index (κ3) is 2.97. The molecule has 0 spiro atoms. The molecule has 1 amide bonds. The Morgan fingerprint density at radius 3 is 3.05 bits per heavy atom. The number of furan rings is 1. The van der Waals surface area contributed by atoms with Crippen LogP contribution in [-0.4, -0.2) is 22.8 Å². The van der Waals surface area contributed by atoms with E-state index in [1.54, 1.807) is 29.5 Å². The number of carbonyl (C=O) groups excluding carboxylic acids is 1. The van der Waals surface area contributed by atoms with Gasteiger partial charge in [-0.3, -0.25) is 4.79 Å². The van der Waals surface area contributed by atoms with Crippen molar-refractivity contribution in [2.75, 3.05) is 7.05 Å². The molecule has 0 N–H and O–H groups in total. The molecule has 1 aliphatic carbocycles. The molecule has 4 nitrogen and oxygen atoms in total. The Kier molecular flexibility index (Phi) is 3.75. The van der Waals surface area contributed by atoms with E-state index < -0.39 is 0 Å². The van der Waals surface area contributed by atoms with Crippen LogP contribution in [0.5, 0.6) is 0 Å². The minimum Gasteiger partial charge on any atom is -0.467 e. The molecule has 1 aliphatic rings. The first-order chi connectivity index (χ1) is 10.1. The highest BCUT2D eigenvalue weighted by Gasteiger charge is 2.20. The third-order valence-corrected chi connectivity index (χ3v) is 4.15. The van der Waals surface area contributed by atoms with Crippen LogP contribution in [0.15, 0.2) is 45.9 Å². The Bertz CT molecular complexity index is 710. The Morgan fingerprint density at radius 1 is 1.52 bits per heavy atom. The van der Waals surface area contributed by atoms with Gasteiger partial charge in [0.2, 0.25) is 5.91 Å². The maximum atomic E-state index is 12.4. The first-order valence-corrected chi connectivity index (χ1v) is 7.62. The van der Waals surface area contributed by atoms with Gasteiger partial charge in [-0.1, -0.05) is 6.08 Å². The van der Waals surface area contributed by atoms with Gasteiger partial charge < -0.3 is 9.32 Å². The van der Waals surface area contributed by atoms with Crippen molar-refractivity contribution in [3.63, 3.8) is 0 Å². The zero-order valence-electron chi connectivity index (χ0n) is 12.0. The van der Waals surface area contributed by atoms with E-state index in [4.69, 9.17) is 4.42 Å². The monoisotopic (exact) mass is 300 g/mol. The lowest BCUT2D eigenvalue weighted by Gasteiger charge is -2.16. The molecule has 2 heterocycles. The number of nitrogens with zero attached hydrogens (tertiary/aromatic N) is 2. The second kappa shape index (κ2) is 5.69. The highest BCUT2D eigenvalue weighted by molar-refractivity contribution is 7.09. The largest absolute Gasteiger partial charge is 0.467 e. The van der Waals surface area contributed by atoms with Crippen LogP contribution < -0.4 is 0 Å². The third-order valence-electron chi connectivity index (χ3n) is 3.38. The van der Waals surface area contributed by atoms with E-state index in [1.165, 1.54) is 0 Å². The summed E-state index contributed by atoms with van der Waals surface area (Å²) in [5, 5.41) is 3.06. The van der Waals surface area contributed by atoms with Crippen LogP contribution >= 0.6 is 11.3 Å². The summed E-state index contributed by atoms with van der Waals surface area (Å²) in [6.07, 6.45) is 6.28. The van der Waals surface area contributed by atoms with Crippen LogP contribution in [0.25, 0.3) is 5.57 Å². The zero-order valence-corrected chi connectivity index (χ0v) is 12.8. The lowest BCUT2D eigenvalue weighted by Crippen LogP contribution is -2.27. The number of thiazole rings is 1. The summed E-state index contributed by atoms with van der Waals surface area (Å²) < 4.78 is 5.28. The minimum atomic E-state index is 0.0320. The van der Waals surface area contributed by atoms with Gasteiger partial charge in [-0.15, -0.1) is 11.3 Å². The number of likely N-dealkylation sites (N-methyl/N-ethyl adjacent to an activating group) is 1. The van der Waals surface area contributed by atoms with E-state index in [2.05, 4.69) is 11.1 Å². The van der Waals surface area contributed by atoms with Crippen LogP contribution in [0, 0.1) is 6.92 Å². The SMILES string of the molecule is Cc1nc(C2=CCC(C(=O)N(C)Cc3ccco3)=C2)cs1. The van der Waals surface area contributed by atoms with E-state index >= 15 is 0 Å². The smallest absolute Gasteiger partial charge is 0.250 e. The van der Waals surface area contributed by atoms with Crippen molar-refractivity contribution in [3.8, 4) is 0 Å². The van der Waals surface area contributed by atoms with E-state index in [1.807, 2.05) is 30.5 Å². The fourth-order valence-corrected chi connectivity index (χ4v) is 2.92.